The number of rotatable bonds is 2. The van der Waals surface area contributed by atoms with Crippen LogP contribution in [-0.4, -0.2) is 4.98 Å². The zero-order chi connectivity index (χ0) is 8.27. The molecule has 0 bridgehead atoms. The summed E-state index contributed by atoms with van der Waals surface area (Å²) >= 11 is 5.64. The van der Waals surface area contributed by atoms with Crippen LogP contribution in [0.5, 0.6) is 0 Å². The van der Waals surface area contributed by atoms with Gasteiger partial charge in [-0.3, -0.25) is 0 Å². The Hall–Kier alpha value is -1.02. The molecular weight excluding hydrogens is 160 g/mol. The van der Waals surface area contributed by atoms with Gasteiger partial charge in [0.25, 0.3) is 0 Å². The van der Waals surface area contributed by atoms with Gasteiger partial charge >= 0.3 is 0 Å². The Bertz CT molecular complexity index is 253. The van der Waals surface area contributed by atoms with E-state index >= 15 is 0 Å². The van der Waals surface area contributed by atoms with Gasteiger partial charge in [0.2, 0.25) is 0 Å². The van der Waals surface area contributed by atoms with Crippen molar-refractivity contribution in [2.45, 2.75) is 6.92 Å². The summed E-state index contributed by atoms with van der Waals surface area (Å²) in [6.07, 6.45) is 1.59. The zero-order valence-corrected chi connectivity index (χ0v) is 7.02. The number of halogens is 1. The molecule has 0 aliphatic carbocycles. The maximum absolute atomic E-state index is 5.64. The molecule has 0 radical (unpaired) electrons. The van der Waals surface area contributed by atoms with Crippen LogP contribution in [0, 0.1) is 0 Å². The number of pyridine rings is 1. The van der Waals surface area contributed by atoms with Gasteiger partial charge in [-0.25, -0.2) is 4.98 Å². The van der Waals surface area contributed by atoms with Crippen molar-refractivity contribution in [1.82, 2.24) is 4.98 Å². The van der Waals surface area contributed by atoms with E-state index in [0.29, 0.717) is 5.02 Å². The number of hydrogen-bond acceptors (Lipinski definition) is 2. The first kappa shape index (κ1) is 8.08. The highest BCUT2D eigenvalue weighted by Gasteiger charge is 1.91. The van der Waals surface area contributed by atoms with Crippen molar-refractivity contribution in [2.75, 3.05) is 5.32 Å². The van der Waals surface area contributed by atoms with Crippen LogP contribution in [0.3, 0.4) is 0 Å². The molecule has 0 fully saturated rings. The van der Waals surface area contributed by atoms with Crippen molar-refractivity contribution < 1.29 is 0 Å². The van der Waals surface area contributed by atoms with Crippen molar-refractivity contribution in [2.24, 2.45) is 0 Å². The van der Waals surface area contributed by atoms with Gasteiger partial charge in [-0.1, -0.05) is 18.2 Å². The van der Waals surface area contributed by atoms with Crippen LogP contribution < -0.4 is 5.32 Å². The quantitative estimate of drug-likeness (QED) is 0.735. The first-order valence-electron chi connectivity index (χ1n) is 3.22. The van der Waals surface area contributed by atoms with Crippen LogP contribution in [0.1, 0.15) is 6.92 Å². The molecule has 3 heteroatoms. The molecule has 0 aliphatic rings. The van der Waals surface area contributed by atoms with E-state index in [9.17, 15) is 0 Å². The summed E-state index contributed by atoms with van der Waals surface area (Å²) in [4.78, 5) is 4.01. The van der Waals surface area contributed by atoms with E-state index in [1.807, 2.05) is 6.92 Å². The van der Waals surface area contributed by atoms with Crippen LogP contribution in [0.4, 0.5) is 5.82 Å². The van der Waals surface area contributed by atoms with Crippen molar-refractivity contribution in [3.8, 4) is 0 Å². The minimum atomic E-state index is 0.636. The molecule has 0 amide bonds. The summed E-state index contributed by atoms with van der Waals surface area (Å²) in [5.41, 5.74) is 0.861. The van der Waals surface area contributed by atoms with Gasteiger partial charge in [0.05, 0.1) is 5.02 Å². The van der Waals surface area contributed by atoms with Gasteiger partial charge in [0.15, 0.2) is 0 Å². The topological polar surface area (TPSA) is 24.9 Å². The maximum atomic E-state index is 5.64. The third-order valence-corrected chi connectivity index (χ3v) is 1.29. The lowest BCUT2D eigenvalue weighted by molar-refractivity contribution is 1.26. The molecule has 1 N–H and O–H groups in total. The fourth-order valence-corrected chi connectivity index (χ4v) is 0.780. The number of allylic oxidation sites excluding steroid dienone is 1. The summed E-state index contributed by atoms with van der Waals surface area (Å²) in [7, 11) is 0. The lowest BCUT2D eigenvalue weighted by Gasteiger charge is -2.02. The molecule has 1 aromatic rings. The van der Waals surface area contributed by atoms with E-state index < -0.39 is 0 Å². The highest BCUT2D eigenvalue weighted by Crippen LogP contribution is 2.10. The summed E-state index contributed by atoms with van der Waals surface area (Å²) in [5, 5.41) is 3.60. The molecule has 0 aliphatic heterocycles. The first-order chi connectivity index (χ1) is 5.18. The Balaban J connectivity index is 2.74. The standard InChI is InChI=1S/C8H9ClN2/c1-6(2)11-8-4-3-7(9)5-10-8/h3-5H,1H2,2H3,(H,10,11). The largest absolute Gasteiger partial charge is 0.345 e. The van der Waals surface area contributed by atoms with Crippen molar-refractivity contribution >= 4 is 17.4 Å². The second-order valence-electron chi connectivity index (χ2n) is 2.27. The second kappa shape index (κ2) is 3.39. The Labute approximate surface area is 70.9 Å². The molecule has 0 aromatic carbocycles. The average Bonchev–Trinajstić information content (AvgIpc) is 1.93. The number of anilines is 1. The molecule has 1 rings (SSSR count). The van der Waals surface area contributed by atoms with E-state index in [1.54, 1.807) is 18.3 Å². The Morgan fingerprint density at radius 3 is 2.82 bits per heavy atom. The van der Waals surface area contributed by atoms with Crippen LogP contribution in [-0.2, 0) is 0 Å². The average molecular weight is 169 g/mol. The van der Waals surface area contributed by atoms with E-state index in [0.717, 1.165) is 11.5 Å². The molecule has 2 nitrogen and oxygen atoms in total. The number of hydrogen-bond donors (Lipinski definition) is 1. The monoisotopic (exact) mass is 168 g/mol. The Morgan fingerprint density at radius 2 is 2.36 bits per heavy atom. The summed E-state index contributed by atoms with van der Waals surface area (Å²) in [6.45, 7) is 5.56. The SMILES string of the molecule is C=C(C)Nc1ccc(Cl)cn1. The minimum absolute atomic E-state index is 0.636. The van der Waals surface area contributed by atoms with Crippen molar-refractivity contribution in [3.63, 3.8) is 0 Å². The van der Waals surface area contributed by atoms with Crippen LogP contribution in [0.15, 0.2) is 30.6 Å². The molecule has 0 unspecified atom stereocenters. The first-order valence-corrected chi connectivity index (χ1v) is 3.60. The van der Waals surface area contributed by atoms with Gasteiger partial charge in [0, 0.05) is 11.9 Å². The highest BCUT2D eigenvalue weighted by molar-refractivity contribution is 6.30. The maximum Gasteiger partial charge on any atom is 0.130 e. The predicted molar refractivity (Wildman–Crippen MR) is 47.7 cm³/mol. The molecule has 0 saturated carbocycles. The Kier molecular flexibility index (Phi) is 2.49. The summed E-state index contributed by atoms with van der Waals surface area (Å²) in [5.74, 6) is 0.766. The van der Waals surface area contributed by atoms with E-state index in [1.165, 1.54) is 0 Å². The fraction of sp³-hybridized carbons (Fsp3) is 0.125. The zero-order valence-electron chi connectivity index (χ0n) is 6.26. The second-order valence-corrected chi connectivity index (χ2v) is 2.70. The van der Waals surface area contributed by atoms with E-state index in [4.69, 9.17) is 11.6 Å². The molecule has 58 valence electrons. The lowest BCUT2D eigenvalue weighted by atomic mass is 10.4. The molecule has 1 heterocycles. The van der Waals surface area contributed by atoms with Gasteiger partial charge in [-0.05, 0) is 19.1 Å². The van der Waals surface area contributed by atoms with Crippen molar-refractivity contribution in [3.05, 3.63) is 35.6 Å². The van der Waals surface area contributed by atoms with E-state index in [-0.39, 0.29) is 0 Å². The van der Waals surface area contributed by atoms with Crippen LogP contribution in [0.2, 0.25) is 5.02 Å². The minimum Gasteiger partial charge on any atom is -0.345 e. The third kappa shape index (κ3) is 2.60. The molecular formula is C8H9ClN2. The van der Waals surface area contributed by atoms with Crippen molar-refractivity contribution in [1.29, 1.82) is 0 Å². The molecule has 0 spiro atoms. The van der Waals surface area contributed by atoms with Crippen LogP contribution >= 0.6 is 11.6 Å². The summed E-state index contributed by atoms with van der Waals surface area (Å²) in [6, 6.07) is 3.58. The van der Waals surface area contributed by atoms with E-state index in [2.05, 4.69) is 16.9 Å². The van der Waals surface area contributed by atoms with Gasteiger partial charge < -0.3 is 5.32 Å². The third-order valence-electron chi connectivity index (χ3n) is 1.07. The summed E-state index contributed by atoms with van der Waals surface area (Å²) < 4.78 is 0. The molecule has 0 saturated heterocycles. The van der Waals surface area contributed by atoms with Gasteiger partial charge in [0.1, 0.15) is 5.82 Å². The van der Waals surface area contributed by atoms with Gasteiger partial charge in [-0.15, -0.1) is 0 Å². The molecule has 0 atom stereocenters. The lowest BCUT2D eigenvalue weighted by Crippen LogP contribution is -1.95. The predicted octanol–water partition coefficient (Wildman–Crippen LogP) is 2.68. The Morgan fingerprint density at radius 1 is 1.64 bits per heavy atom. The number of nitrogens with zero attached hydrogens (tertiary/aromatic N) is 1. The number of aromatic nitrogens is 1. The van der Waals surface area contributed by atoms with Crippen LogP contribution in [0.25, 0.3) is 0 Å². The smallest absolute Gasteiger partial charge is 0.130 e. The molecule has 1 aromatic heterocycles. The normalized spacial score (nSPS) is 9.27. The number of nitrogens with one attached hydrogen (secondary N) is 1. The fourth-order valence-electron chi connectivity index (χ4n) is 0.668. The molecule has 11 heavy (non-hydrogen) atoms. The van der Waals surface area contributed by atoms with Gasteiger partial charge in [-0.2, -0.15) is 0 Å². The highest BCUT2D eigenvalue weighted by atomic mass is 35.5.